The Morgan fingerprint density at radius 1 is 1.27 bits per heavy atom. The van der Waals surface area contributed by atoms with Crippen molar-refractivity contribution in [3.05, 3.63) is 11.6 Å². The molecule has 1 aromatic heterocycles. The lowest BCUT2D eigenvalue weighted by Crippen LogP contribution is -2.51. The van der Waals surface area contributed by atoms with Gasteiger partial charge in [0, 0.05) is 44.3 Å². The number of aliphatic imine (C=N–C) groups is 1. The summed E-state index contributed by atoms with van der Waals surface area (Å²) in [6.07, 6.45) is 9.06. The molecule has 0 radical (unpaired) electrons. The number of piperazine rings is 1. The second-order valence-electron chi connectivity index (χ2n) is 5.44. The van der Waals surface area contributed by atoms with Gasteiger partial charge in [-0.1, -0.05) is 12.8 Å². The highest BCUT2D eigenvalue weighted by molar-refractivity contribution is 7.98. The third kappa shape index (κ3) is 5.68. The van der Waals surface area contributed by atoms with E-state index in [0.29, 0.717) is 5.96 Å². The highest BCUT2D eigenvalue weighted by atomic mass is 32.2. The summed E-state index contributed by atoms with van der Waals surface area (Å²) in [7, 11) is 0. The van der Waals surface area contributed by atoms with Gasteiger partial charge < -0.3 is 15.5 Å². The van der Waals surface area contributed by atoms with Crippen LogP contribution in [0.5, 0.6) is 0 Å². The van der Waals surface area contributed by atoms with Gasteiger partial charge in [-0.25, -0.2) is 4.98 Å². The molecule has 0 amide bonds. The fraction of sp³-hybridized carbons (Fsp3) is 0.733. The SMILES string of the molecule is CSCCCCCCN=C(N)N1CCN(c2nccs2)CC1. The minimum absolute atomic E-state index is 0.711. The lowest BCUT2D eigenvalue weighted by atomic mass is 10.2. The van der Waals surface area contributed by atoms with Gasteiger partial charge in [-0.2, -0.15) is 11.8 Å². The lowest BCUT2D eigenvalue weighted by molar-refractivity contribution is 0.380. The molecule has 22 heavy (non-hydrogen) atoms. The molecule has 2 N–H and O–H groups in total. The van der Waals surface area contributed by atoms with Gasteiger partial charge in [0.05, 0.1) is 0 Å². The van der Waals surface area contributed by atoms with Crippen LogP contribution in [0, 0.1) is 0 Å². The Labute approximate surface area is 142 Å². The van der Waals surface area contributed by atoms with Crippen LogP contribution < -0.4 is 10.6 Å². The van der Waals surface area contributed by atoms with Crippen molar-refractivity contribution >= 4 is 34.2 Å². The molecule has 0 saturated carbocycles. The summed E-state index contributed by atoms with van der Waals surface area (Å²) in [5.41, 5.74) is 6.12. The van der Waals surface area contributed by atoms with Crippen molar-refractivity contribution in [2.75, 3.05) is 49.6 Å². The fourth-order valence-corrected chi connectivity index (χ4v) is 3.69. The zero-order chi connectivity index (χ0) is 15.6. The number of nitrogens with two attached hydrogens (primary N) is 1. The van der Waals surface area contributed by atoms with Gasteiger partial charge in [-0.3, -0.25) is 4.99 Å². The molecule has 1 aliphatic rings. The fourth-order valence-electron chi connectivity index (χ4n) is 2.50. The Morgan fingerprint density at radius 3 is 2.73 bits per heavy atom. The normalized spacial score (nSPS) is 16.3. The van der Waals surface area contributed by atoms with E-state index in [1.54, 1.807) is 11.3 Å². The topological polar surface area (TPSA) is 57.8 Å². The maximum absolute atomic E-state index is 6.12. The van der Waals surface area contributed by atoms with E-state index in [9.17, 15) is 0 Å². The van der Waals surface area contributed by atoms with Gasteiger partial charge in [0.2, 0.25) is 0 Å². The molecular weight excluding hydrogens is 314 g/mol. The first-order valence-electron chi connectivity index (χ1n) is 7.99. The predicted molar refractivity (Wildman–Crippen MR) is 99.2 cm³/mol. The number of aromatic nitrogens is 1. The van der Waals surface area contributed by atoms with Crippen LogP contribution in [-0.4, -0.2) is 60.6 Å². The quantitative estimate of drug-likeness (QED) is 0.447. The number of thiazole rings is 1. The van der Waals surface area contributed by atoms with Crippen molar-refractivity contribution in [1.82, 2.24) is 9.88 Å². The van der Waals surface area contributed by atoms with Crippen LogP contribution in [0.2, 0.25) is 0 Å². The minimum Gasteiger partial charge on any atom is -0.370 e. The number of anilines is 1. The molecule has 1 aromatic rings. The molecule has 2 rings (SSSR count). The maximum atomic E-state index is 6.12. The first kappa shape index (κ1) is 17.4. The third-order valence-electron chi connectivity index (χ3n) is 3.82. The smallest absolute Gasteiger partial charge is 0.191 e. The number of hydrogen-bond acceptors (Lipinski definition) is 5. The molecule has 0 spiro atoms. The Hall–Kier alpha value is -0.950. The number of guanidine groups is 1. The van der Waals surface area contributed by atoms with Gasteiger partial charge in [0.1, 0.15) is 0 Å². The van der Waals surface area contributed by atoms with Crippen molar-refractivity contribution in [3.63, 3.8) is 0 Å². The van der Waals surface area contributed by atoms with Crippen LogP contribution in [0.25, 0.3) is 0 Å². The molecule has 0 aliphatic carbocycles. The van der Waals surface area contributed by atoms with Crippen LogP contribution in [0.4, 0.5) is 5.13 Å². The molecule has 0 unspecified atom stereocenters. The van der Waals surface area contributed by atoms with Crippen LogP contribution in [0.15, 0.2) is 16.6 Å². The van der Waals surface area contributed by atoms with E-state index in [0.717, 1.165) is 44.3 Å². The van der Waals surface area contributed by atoms with Crippen LogP contribution in [0.1, 0.15) is 25.7 Å². The van der Waals surface area contributed by atoms with Gasteiger partial charge in [-0.15, -0.1) is 11.3 Å². The molecule has 2 heterocycles. The van der Waals surface area contributed by atoms with Crippen molar-refractivity contribution in [2.24, 2.45) is 10.7 Å². The average Bonchev–Trinajstić information content (AvgIpc) is 3.08. The van der Waals surface area contributed by atoms with E-state index in [1.165, 1.54) is 25.0 Å². The van der Waals surface area contributed by atoms with Crippen molar-refractivity contribution in [2.45, 2.75) is 25.7 Å². The van der Waals surface area contributed by atoms with Gasteiger partial charge in [0.25, 0.3) is 0 Å². The predicted octanol–water partition coefficient (Wildman–Crippen LogP) is 2.50. The molecule has 0 bridgehead atoms. The first-order valence-corrected chi connectivity index (χ1v) is 10.3. The van der Waals surface area contributed by atoms with Crippen LogP contribution >= 0.6 is 23.1 Å². The molecule has 1 aliphatic heterocycles. The first-order chi connectivity index (χ1) is 10.8. The molecule has 0 aromatic carbocycles. The Balaban J connectivity index is 1.62. The van der Waals surface area contributed by atoms with E-state index < -0.39 is 0 Å². The Kier molecular flexibility index (Phi) is 7.87. The minimum atomic E-state index is 0.711. The number of nitrogens with zero attached hydrogens (tertiary/aromatic N) is 4. The standard InChI is InChI=1S/C15H27N5S2/c1-21-12-5-3-2-4-6-17-14(16)19-8-10-20(11-9-19)15-18-7-13-22-15/h7,13H,2-6,8-12H2,1H3,(H2,16,17). The monoisotopic (exact) mass is 341 g/mol. The van der Waals surface area contributed by atoms with Gasteiger partial charge in [-0.05, 0) is 24.9 Å². The summed E-state index contributed by atoms with van der Waals surface area (Å²) in [5, 5.41) is 3.14. The third-order valence-corrected chi connectivity index (χ3v) is 5.35. The summed E-state index contributed by atoms with van der Waals surface area (Å²) in [6, 6.07) is 0. The maximum Gasteiger partial charge on any atom is 0.191 e. The zero-order valence-electron chi connectivity index (χ0n) is 13.4. The van der Waals surface area contributed by atoms with E-state index in [4.69, 9.17) is 5.73 Å². The number of rotatable bonds is 8. The van der Waals surface area contributed by atoms with E-state index >= 15 is 0 Å². The molecule has 0 atom stereocenters. The van der Waals surface area contributed by atoms with Crippen LogP contribution in [0.3, 0.4) is 0 Å². The molecule has 124 valence electrons. The molecule has 7 heteroatoms. The highest BCUT2D eigenvalue weighted by Gasteiger charge is 2.19. The molecule has 5 nitrogen and oxygen atoms in total. The average molecular weight is 342 g/mol. The zero-order valence-corrected chi connectivity index (χ0v) is 15.0. The summed E-state index contributed by atoms with van der Waals surface area (Å²) in [4.78, 5) is 13.4. The largest absolute Gasteiger partial charge is 0.370 e. The summed E-state index contributed by atoms with van der Waals surface area (Å²) in [6.45, 7) is 4.67. The van der Waals surface area contributed by atoms with Crippen molar-refractivity contribution < 1.29 is 0 Å². The molecular formula is C15H27N5S2. The summed E-state index contributed by atoms with van der Waals surface area (Å²) in [5.74, 6) is 1.98. The van der Waals surface area contributed by atoms with Gasteiger partial charge >= 0.3 is 0 Å². The van der Waals surface area contributed by atoms with E-state index in [2.05, 4.69) is 26.0 Å². The van der Waals surface area contributed by atoms with E-state index in [1.807, 2.05) is 23.3 Å². The molecule has 1 fully saturated rings. The Bertz CT molecular complexity index is 427. The summed E-state index contributed by atoms with van der Waals surface area (Å²) < 4.78 is 0. The highest BCUT2D eigenvalue weighted by Crippen LogP contribution is 2.18. The second-order valence-corrected chi connectivity index (χ2v) is 7.29. The Morgan fingerprint density at radius 2 is 2.05 bits per heavy atom. The number of hydrogen-bond donors (Lipinski definition) is 1. The number of unbranched alkanes of at least 4 members (excludes halogenated alkanes) is 3. The van der Waals surface area contributed by atoms with Gasteiger partial charge in [0.15, 0.2) is 11.1 Å². The molecule has 1 saturated heterocycles. The van der Waals surface area contributed by atoms with Crippen LogP contribution in [-0.2, 0) is 0 Å². The van der Waals surface area contributed by atoms with E-state index in [-0.39, 0.29) is 0 Å². The lowest BCUT2D eigenvalue weighted by Gasteiger charge is -2.35. The summed E-state index contributed by atoms with van der Waals surface area (Å²) >= 11 is 3.62. The van der Waals surface area contributed by atoms with Crippen molar-refractivity contribution in [3.8, 4) is 0 Å². The number of thioether (sulfide) groups is 1. The second kappa shape index (κ2) is 9.94. The van der Waals surface area contributed by atoms with Crippen molar-refractivity contribution in [1.29, 1.82) is 0 Å².